The molecule has 0 spiro atoms. The number of carbonyl (C=O) groups is 2. The zero-order chi connectivity index (χ0) is 22.5. The van der Waals surface area contributed by atoms with Gasteiger partial charge >= 0.3 is 12.1 Å². The van der Waals surface area contributed by atoms with Crippen molar-refractivity contribution < 1.29 is 28.2 Å². The Bertz CT molecular complexity index is 737. The predicted molar refractivity (Wildman–Crippen MR) is 112 cm³/mol. The number of nitrogens with one attached hydrogen (secondary N) is 1. The summed E-state index contributed by atoms with van der Waals surface area (Å²) < 4.78 is 30.4. The van der Waals surface area contributed by atoms with Crippen molar-refractivity contribution in [2.45, 2.75) is 63.4 Å². The third-order valence-corrected chi connectivity index (χ3v) is 4.76. The Morgan fingerprint density at radius 2 is 1.55 bits per heavy atom. The van der Waals surface area contributed by atoms with Crippen LogP contribution in [0.2, 0.25) is 0 Å². The molecule has 1 N–H and O–H groups in total. The van der Waals surface area contributed by atoms with Gasteiger partial charge in [0.25, 0.3) is 0 Å². The lowest BCUT2D eigenvalue weighted by Crippen LogP contribution is -2.55. The highest BCUT2D eigenvalue weighted by Crippen LogP contribution is 2.36. The van der Waals surface area contributed by atoms with Gasteiger partial charge < -0.3 is 14.2 Å². The summed E-state index contributed by atoms with van der Waals surface area (Å²) in [5.74, 6) is -1.17. The summed E-state index contributed by atoms with van der Waals surface area (Å²) >= 11 is 0.845. The van der Waals surface area contributed by atoms with Crippen LogP contribution < -0.4 is 10.1 Å². The van der Waals surface area contributed by atoms with Crippen molar-refractivity contribution in [2.24, 2.45) is 0 Å². The molecule has 0 aliphatic carbocycles. The number of benzene rings is 1. The van der Waals surface area contributed by atoms with Gasteiger partial charge in [0.15, 0.2) is 0 Å². The minimum absolute atomic E-state index is 0.196. The summed E-state index contributed by atoms with van der Waals surface area (Å²) in [6.45, 7) is 13.2. The van der Waals surface area contributed by atoms with Crippen LogP contribution in [0.4, 0.5) is 9.18 Å². The molecule has 0 saturated carbocycles. The van der Waals surface area contributed by atoms with E-state index in [4.69, 9.17) is 14.2 Å². The van der Waals surface area contributed by atoms with Gasteiger partial charge in [-0.1, -0.05) is 18.7 Å². The van der Waals surface area contributed by atoms with Gasteiger partial charge in [0, 0.05) is 5.75 Å². The Morgan fingerprint density at radius 3 is 1.97 bits per heavy atom. The molecule has 0 radical (unpaired) electrons. The number of esters is 1. The highest BCUT2D eigenvalue weighted by Gasteiger charge is 2.48. The van der Waals surface area contributed by atoms with Gasteiger partial charge in [-0.2, -0.15) is 0 Å². The Labute approximate surface area is 176 Å². The van der Waals surface area contributed by atoms with Crippen molar-refractivity contribution >= 4 is 23.8 Å². The van der Waals surface area contributed by atoms with Crippen molar-refractivity contribution in [3.63, 3.8) is 0 Å². The largest absolute Gasteiger partial charge is 0.497 e. The van der Waals surface area contributed by atoms with Gasteiger partial charge in [-0.25, -0.2) is 14.0 Å². The third-order valence-electron chi connectivity index (χ3n) is 3.36. The van der Waals surface area contributed by atoms with Crippen LogP contribution in [0.25, 0.3) is 0 Å². The highest BCUT2D eigenvalue weighted by atomic mass is 32.2. The first-order valence-electron chi connectivity index (χ1n) is 9.05. The first kappa shape index (κ1) is 24.8. The van der Waals surface area contributed by atoms with Crippen LogP contribution in [-0.4, -0.2) is 35.2 Å². The summed E-state index contributed by atoms with van der Waals surface area (Å²) in [5.41, 5.74) is -0.938. The monoisotopic (exact) mass is 427 g/mol. The number of carbonyl (C=O) groups excluding carboxylic acids is 2. The van der Waals surface area contributed by atoms with Gasteiger partial charge in [-0.3, -0.25) is 5.32 Å². The lowest BCUT2D eigenvalue weighted by atomic mass is 10.2. The SMILES string of the molecule is C=C(F)C(NC(=O)OC(C)(C)C)(SCc1ccc(OC)cc1)C(=O)OC(C)(C)C. The zero-order valence-electron chi connectivity index (χ0n) is 18.1. The van der Waals surface area contributed by atoms with Crippen molar-refractivity contribution in [1.82, 2.24) is 5.32 Å². The summed E-state index contributed by atoms with van der Waals surface area (Å²) in [6.07, 6.45) is -0.954. The quantitative estimate of drug-likeness (QED) is 0.489. The molecule has 0 saturated heterocycles. The normalized spacial score (nSPS) is 13.8. The summed E-state index contributed by atoms with van der Waals surface area (Å²) in [5, 5.41) is 2.33. The third kappa shape index (κ3) is 7.97. The number of thioether (sulfide) groups is 1. The van der Waals surface area contributed by atoms with Crippen LogP contribution in [0.15, 0.2) is 36.7 Å². The molecule has 1 aromatic carbocycles. The number of amides is 1. The van der Waals surface area contributed by atoms with E-state index >= 15 is 0 Å². The van der Waals surface area contributed by atoms with Gasteiger partial charge in [0.1, 0.15) is 22.8 Å². The molecule has 1 rings (SSSR count). The van der Waals surface area contributed by atoms with E-state index in [1.165, 1.54) is 0 Å². The molecule has 1 unspecified atom stereocenters. The van der Waals surface area contributed by atoms with E-state index in [0.29, 0.717) is 5.75 Å². The van der Waals surface area contributed by atoms with E-state index in [9.17, 15) is 14.0 Å². The fraction of sp³-hybridized carbons (Fsp3) is 0.524. The molecule has 0 fully saturated rings. The molecule has 1 aromatic rings. The van der Waals surface area contributed by atoms with Gasteiger partial charge in [0.2, 0.25) is 4.87 Å². The standard InChI is InChI=1S/C21H30FNO5S/c1-14(22)21(17(24)27-19(2,3)4,23-18(25)28-20(5,6)7)29-13-15-9-11-16(26-8)12-10-15/h9-12H,1,13H2,2-8H3,(H,23,25). The van der Waals surface area contributed by atoms with Crippen LogP contribution in [0.1, 0.15) is 47.1 Å². The Balaban J connectivity index is 3.19. The highest BCUT2D eigenvalue weighted by molar-refractivity contribution is 8.00. The maximum Gasteiger partial charge on any atom is 0.409 e. The van der Waals surface area contributed by atoms with Crippen LogP contribution in [0, 0.1) is 0 Å². The molecule has 0 aliphatic rings. The first-order chi connectivity index (χ1) is 13.2. The van der Waals surface area contributed by atoms with E-state index in [0.717, 1.165) is 17.3 Å². The van der Waals surface area contributed by atoms with Crippen LogP contribution in [0.3, 0.4) is 0 Å². The number of rotatable bonds is 7. The molecule has 8 heteroatoms. The maximum absolute atomic E-state index is 14.7. The average Bonchev–Trinajstić information content (AvgIpc) is 2.55. The molecular weight excluding hydrogens is 397 g/mol. The van der Waals surface area contributed by atoms with E-state index in [1.54, 1.807) is 72.9 Å². The molecule has 1 amide bonds. The van der Waals surface area contributed by atoms with Crippen molar-refractivity contribution in [2.75, 3.05) is 7.11 Å². The second-order valence-electron chi connectivity index (χ2n) is 8.35. The fourth-order valence-electron chi connectivity index (χ4n) is 2.11. The van der Waals surface area contributed by atoms with Crippen molar-refractivity contribution in [1.29, 1.82) is 0 Å². The molecule has 1 atom stereocenters. The Hall–Kier alpha value is -2.22. The molecule has 0 heterocycles. The molecule has 29 heavy (non-hydrogen) atoms. The smallest absolute Gasteiger partial charge is 0.409 e. The number of hydrogen-bond donors (Lipinski definition) is 1. The predicted octanol–water partition coefficient (Wildman–Crippen LogP) is 4.97. The van der Waals surface area contributed by atoms with Crippen LogP contribution in [0.5, 0.6) is 5.75 Å². The first-order valence-corrected chi connectivity index (χ1v) is 10.0. The van der Waals surface area contributed by atoms with E-state index in [2.05, 4.69) is 11.9 Å². The molecule has 0 aliphatic heterocycles. The fourth-order valence-corrected chi connectivity index (χ4v) is 3.16. The molecule has 162 valence electrons. The number of alkyl carbamates (subject to hydrolysis) is 1. The molecule has 0 aromatic heterocycles. The van der Waals surface area contributed by atoms with E-state index in [1.807, 2.05) is 0 Å². The van der Waals surface area contributed by atoms with E-state index < -0.39 is 34.0 Å². The Kier molecular flexibility index (Phi) is 8.15. The molecular formula is C21H30FNO5S. The second-order valence-corrected chi connectivity index (χ2v) is 9.54. The lowest BCUT2D eigenvalue weighted by Gasteiger charge is -2.33. The zero-order valence-corrected chi connectivity index (χ0v) is 18.9. The van der Waals surface area contributed by atoms with Gasteiger partial charge in [0.05, 0.1) is 7.11 Å². The minimum atomic E-state index is -2.16. The van der Waals surface area contributed by atoms with Crippen molar-refractivity contribution in [3.8, 4) is 5.75 Å². The van der Waals surface area contributed by atoms with Gasteiger partial charge in [-0.05, 0) is 59.2 Å². The summed E-state index contributed by atoms with van der Waals surface area (Å²) in [4.78, 5) is 23.1. The van der Waals surface area contributed by atoms with Crippen molar-refractivity contribution in [3.05, 3.63) is 42.2 Å². The number of halogens is 1. The summed E-state index contributed by atoms with van der Waals surface area (Å²) in [6, 6.07) is 7.05. The maximum atomic E-state index is 14.7. The number of methoxy groups -OCH3 is 1. The Morgan fingerprint density at radius 1 is 1.03 bits per heavy atom. The summed E-state index contributed by atoms with van der Waals surface area (Å²) in [7, 11) is 1.55. The minimum Gasteiger partial charge on any atom is -0.497 e. The average molecular weight is 428 g/mol. The second kappa shape index (κ2) is 9.52. The van der Waals surface area contributed by atoms with E-state index in [-0.39, 0.29) is 5.75 Å². The topological polar surface area (TPSA) is 73.9 Å². The number of hydrogen-bond acceptors (Lipinski definition) is 6. The van der Waals surface area contributed by atoms with Gasteiger partial charge in [-0.15, -0.1) is 11.8 Å². The lowest BCUT2D eigenvalue weighted by molar-refractivity contribution is -0.158. The van der Waals surface area contributed by atoms with Crippen LogP contribution in [-0.2, 0) is 20.0 Å². The molecule has 0 bridgehead atoms. The van der Waals surface area contributed by atoms with Crippen LogP contribution >= 0.6 is 11.8 Å². The molecule has 6 nitrogen and oxygen atoms in total. The number of ether oxygens (including phenoxy) is 3.